The van der Waals surface area contributed by atoms with E-state index in [1.807, 2.05) is 6.08 Å². The molecule has 76 valence electrons. The first kappa shape index (κ1) is 8.62. The van der Waals surface area contributed by atoms with Crippen LogP contribution in [0.5, 0.6) is 0 Å². The standard InChI is InChI=1S/C11H14O3/c12-9-5-10-8-2-1-6(9)3-7(8)4-11(13)14-10/h1-2,6-8,10-11,13H,3-5H2. The van der Waals surface area contributed by atoms with E-state index in [-0.39, 0.29) is 17.8 Å². The Morgan fingerprint density at radius 2 is 2.21 bits per heavy atom. The zero-order valence-electron chi connectivity index (χ0n) is 7.93. The predicted molar refractivity (Wildman–Crippen MR) is 49.3 cm³/mol. The molecular formula is C11H14O3. The van der Waals surface area contributed by atoms with Crippen molar-refractivity contribution in [1.29, 1.82) is 0 Å². The van der Waals surface area contributed by atoms with Gasteiger partial charge in [-0.15, -0.1) is 0 Å². The average molecular weight is 194 g/mol. The van der Waals surface area contributed by atoms with Gasteiger partial charge in [0.15, 0.2) is 6.29 Å². The molecule has 14 heavy (non-hydrogen) atoms. The third-order valence-electron chi connectivity index (χ3n) is 3.75. The Morgan fingerprint density at radius 3 is 3.07 bits per heavy atom. The van der Waals surface area contributed by atoms with E-state index >= 15 is 0 Å². The normalized spacial score (nSPS) is 50.6. The zero-order valence-corrected chi connectivity index (χ0v) is 7.93. The smallest absolute Gasteiger partial charge is 0.155 e. The maximum Gasteiger partial charge on any atom is 0.155 e. The van der Waals surface area contributed by atoms with Crippen LogP contribution in [0, 0.1) is 17.8 Å². The highest BCUT2D eigenvalue weighted by atomic mass is 16.6. The number of aliphatic hydroxyl groups is 1. The molecule has 0 amide bonds. The first-order valence-electron chi connectivity index (χ1n) is 5.28. The lowest BCUT2D eigenvalue weighted by atomic mass is 9.76. The third kappa shape index (κ3) is 1.16. The fraction of sp³-hybridized carbons (Fsp3) is 0.727. The van der Waals surface area contributed by atoms with E-state index in [1.54, 1.807) is 0 Å². The van der Waals surface area contributed by atoms with Crippen LogP contribution in [0.2, 0.25) is 0 Å². The van der Waals surface area contributed by atoms with Crippen molar-refractivity contribution in [2.75, 3.05) is 0 Å². The first-order valence-corrected chi connectivity index (χ1v) is 5.28. The monoisotopic (exact) mass is 194 g/mol. The van der Waals surface area contributed by atoms with Crippen molar-refractivity contribution in [1.82, 2.24) is 0 Å². The molecule has 5 unspecified atom stereocenters. The molecule has 0 aromatic carbocycles. The number of fused-ring (bicyclic) bond motifs is 1. The summed E-state index contributed by atoms with van der Waals surface area (Å²) in [5, 5.41) is 9.50. The first-order chi connectivity index (χ1) is 6.74. The minimum absolute atomic E-state index is 0.0694. The largest absolute Gasteiger partial charge is 0.368 e. The molecule has 3 heteroatoms. The fourth-order valence-electron chi connectivity index (χ4n) is 3.04. The summed E-state index contributed by atoms with van der Waals surface area (Å²) in [6, 6.07) is 0. The van der Waals surface area contributed by atoms with Gasteiger partial charge in [0.1, 0.15) is 5.78 Å². The van der Waals surface area contributed by atoms with Gasteiger partial charge in [-0.1, -0.05) is 12.2 Å². The Balaban J connectivity index is 1.97. The maximum absolute atomic E-state index is 11.7. The number of ketones is 1. The Hall–Kier alpha value is -0.670. The van der Waals surface area contributed by atoms with Gasteiger partial charge in [-0.2, -0.15) is 0 Å². The number of ether oxygens (including phenoxy) is 1. The molecule has 1 N–H and O–H groups in total. The molecular weight excluding hydrogens is 180 g/mol. The molecule has 0 aromatic rings. The second-order valence-corrected chi connectivity index (χ2v) is 4.60. The zero-order chi connectivity index (χ0) is 9.71. The molecule has 3 nitrogen and oxygen atoms in total. The minimum atomic E-state index is -0.653. The van der Waals surface area contributed by atoms with Crippen molar-refractivity contribution in [3.05, 3.63) is 12.2 Å². The molecule has 2 fully saturated rings. The van der Waals surface area contributed by atoms with Crippen molar-refractivity contribution in [3.63, 3.8) is 0 Å². The van der Waals surface area contributed by atoms with Crippen molar-refractivity contribution in [2.45, 2.75) is 31.7 Å². The molecule has 3 aliphatic carbocycles. The summed E-state index contributed by atoms with van der Waals surface area (Å²) in [6.45, 7) is 0. The topological polar surface area (TPSA) is 46.5 Å². The highest BCUT2D eigenvalue weighted by Gasteiger charge is 2.44. The van der Waals surface area contributed by atoms with Crippen LogP contribution in [-0.2, 0) is 9.53 Å². The van der Waals surface area contributed by atoms with Gasteiger partial charge in [0.05, 0.1) is 6.10 Å². The predicted octanol–water partition coefficient (Wildman–Crippen LogP) is 0.875. The maximum atomic E-state index is 11.7. The van der Waals surface area contributed by atoms with Gasteiger partial charge < -0.3 is 9.84 Å². The number of rotatable bonds is 0. The molecule has 0 spiro atoms. The molecule has 4 aliphatic rings. The lowest BCUT2D eigenvalue weighted by Gasteiger charge is -2.38. The quantitative estimate of drug-likeness (QED) is 0.582. The number of aliphatic hydroxyl groups excluding tert-OH is 1. The molecule has 0 radical (unpaired) electrons. The van der Waals surface area contributed by atoms with Crippen LogP contribution in [0.3, 0.4) is 0 Å². The summed E-state index contributed by atoms with van der Waals surface area (Å²) >= 11 is 0. The van der Waals surface area contributed by atoms with Crippen LogP contribution >= 0.6 is 0 Å². The molecule has 1 heterocycles. The number of hydrogen-bond donors (Lipinski definition) is 1. The number of Topliss-reactive ketones (excluding diaryl/α,β-unsaturated/α-hetero) is 1. The Morgan fingerprint density at radius 1 is 1.36 bits per heavy atom. The van der Waals surface area contributed by atoms with E-state index in [1.165, 1.54) is 0 Å². The van der Waals surface area contributed by atoms with Crippen molar-refractivity contribution < 1.29 is 14.6 Å². The Kier molecular flexibility index (Phi) is 1.79. The molecule has 1 saturated carbocycles. The van der Waals surface area contributed by atoms with Crippen molar-refractivity contribution >= 4 is 5.78 Å². The van der Waals surface area contributed by atoms with E-state index in [9.17, 15) is 9.90 Å². The molecule has 1 saturated heterocycles. The van der Waals surface area contributed by atoms with Gasteiger partial charge in [0, 0.05) is 24.7 Å². The van der Waals surface area contributed by atoms with E-state index in [0.29, 0.717) is 24.7 Å². The minimum Gasteiger partial charge on any atom is -0.368 e. The molecule has 4 bridgehead atoms. The van der Waals surface area contributed by atoms with E-state index in [4.69, 9.17) is 4.74 Å². The van der Waals surface area contributed by atoms with Gasteiger partial charge >= 0.3 is 0 Å². The van der Waals surface area contributed by atoms with Crippen LogP contribution in [0.15, 0.2) is 12.2 Å². The highest BCUT2D eigenvalue weighted by Crippen LogP contribution is 2.43. The van der Waals surface area contributed by atoms with Crippen LogP contribution < -0.4 is 0 Å². The summed E-state index contributed by atoms with van der Waals surface area (Å²) < 4.78 is 5.42. The molecule has 4 rings (SSSR count). The number of allylic oxidation sites excluding steroid dienone is 1. The van der Waals surface area contributed by atoms with Gasteiger partial charge in [-0.25, -0.2) is 0 Å². The number of carbonyl (C=O) groups is 1. The Labute approximate surface area is 82.8 Å². The van der Waals surface area contributed by atoms with Gasteiger partial charge in [0.2, 0.25) is 0 Å². The summed E-state index contributed by atoms with van der Waals surface area (Å²) in [6.07, 6.45) is 5.52. The van der Waals surface area contributed by atoms with Crippen LogP contribution in [0.25, 0.3) is 0 Å². The van der Waals surface area contributed by atoms with Crippen LogP contribution in [0.4, 0.5) is 0 Å². The highest BCUT2D eigenvalue weighted by molar-refractivity contribution is 5.84. The summed E-state index contributed by atoms with van der Waals surface area (Å²) in [4.78, 5) is 11.7. The van der Waals surface area contributed by atoms with Gasteiger partial charge in [0.25, 0.3) is 0 Å². The van der Waals surface area contributed by atoms with Gasteiger partial charge in [-0.3, -0.25) is 4.79 Å². The lowest BCUT2D eigenvalue weighted by molar-refractivity contribution is -0.191. The third-order valence-corrected chi connectivity index (χ3v) is 3.75. The van der Waals surface area contributed by atoms with E-state index in [2.05, 4.69) is 6.08 Å². The van der Waals surface area contributed by atoms with Crippen molar-refractivity contribution in [2.24, 2.45) is 17.8 Å². The second kappa shape index (κ2) is 2.91. The number of hydrogen-bond acceptors (Lipinski definition) is 3. The summed E-state index contributed by atoms with van der Waals surface area (Å²) in [5.74, 6) is 1.19. The lowest BCUT2D eigenvalue weighted by Crippen LogP contribution is -2.39. The second-order valence-electron chi connectivity index (χ2n) is 4.60. The SMILES string of the molecule is O=C1CC2OC(O)CC3CC1C=CC32. The molecule has 1 aliphatic heterocycles. The van der Waals surface area contributed by atoms with Crippen LogP contribution in [0.1, 0.15) is 19.3 Å². The fourth-order valence-corrected chi connectivity index (χ4v) is 3.04. The molecule has 0 aromatic heterocycles. The van der Waals surface area contributed by atoms with Crippen molar-refractivity contribution in [3.8, 4) is 0 Å². The number of carbonyl (C=O) groups excluding carboxylic acids is 1. The van der Waals surface area contributed by atoms with E-state index in [0.717, 1.165) is 6.42 Å². The average Bonchev–Trinajstić information content (AvgIpc) is 2.32. The summed E-state index contributed by atoms with van der Waals surface area (Å²) in [5.41, 5.74) is 0. The molecule has 5 atom stereocenters. The van der Waals surface area contributed by atoms with E-state index < -0.39 is 6.29 Å². The van der Waals surface area contributed by atoms with Crippen LogP contribution in [-0.4, -0.2) is 23.3 Å². The summed E-state index contributed by atoms with van der Waals surface area (Å²) in [7, 11) is 0. The Bertz CT molecular complexity index is 297. The van der Waals surface area contributed by atoms with Gasteiger partial charge in [-0.05, 0) is 12.3 Å².